The molecule has 0 aliphatic heterocycles. The molecule has 9 heteroatoms. The number of carbonyl (C=O) groups is 1. The second kappa shape index (κ2) is 9.47. The van der Waals surface area contributed by atoms with Crippen LogP contribution in [0.4, 0.5) is 16.5 Å². The van der Waals surface area contributed by atoms with Crippen LogP contribution < -0.4 is 15.4 Å². The first-order valence-corrected chi connectivity index (χ1v) is 11.0. The van der Waals surface area contributed by atoms with Crippen LogP contribution in [0.3, 0.4) is 0 Å². The third kappa shape index (κ3) is 5.62. The molecule has 152 valence electrons. The Kier molecular flexibility index (Phi) is 7.00. The Bertz CT molecular complexity index is 1040. The fourth-order valence-corrected chi connectivity index (χ4v) is 4.23. The third-order valence-electron chi connectivity index (χ3n) is 4.25. The van der Waals surface area contributed by atoms with E-state index in [1.807, 2.05) is 13.0 Å². The number of carbonyl (C=O) groups excluding carboxylic acids is 1. The second-order valence-electron chi connectivity index (χ2n) is 6.44. The molecule has 0 radical (unpaired) electrons. The summed E-state index contributed by atoms with van der Waals surface area (Å²) in [6.07, 6.45) is 0. The summed E-state index contributed by atoms with van der Waals surface area (Å²) in [5.41, 5.74) is 4.86. The van der Waals surface area contributed by atoms with E-state index in [1.54, 1.807) is 12.1 Å². The van der Waals surface area contributed by atoms with Crippen LogP contribution in [0.25, 0.3) is 0 Å². The average molecular weight is 449 g/mol. The number of amides is 1. The molecule has 0 saturated heterocycles. The van der Waals surface area contributed by atoms with Gasteiger partial charge in [-0.05, 0) is 55.7 Å². The van der Waals surface area contributed by atoms with Crippen molar-refractivity contribution in [2.24, 2.45) is 0 Å². The molecule has 0 unspecified atom stereocenters. The number of anilines is 3. The highest BCUT2D eigenvalue weighted by molar-refractivity contribution is 8.01. The quantitative estimate of drug-likeness (QED) is 0.458. The van der Waals surface area contributed by atoms with Gasteiger partial charge in [-0.15, -0.1) is 10.2 Å². The molecule has 0 atom stereocenters. The van der Waals surface area contributed by atoms with Gasteiger partial charge in [-0.2, -0.15) is 0 Å². The first-order chi connectivity index (χ1) is 13.9. The van der Waals surface area contributed by atoms with Crippen molar-refractivity contribution in [3.05, 3.63) is 52.0 Å². The predicted molar refractivity (Wildman–Crippen MR) is 121 cm³/mol. The fraction of sp³-hybridized carbons (Fsp3) is 0.250. The minimum atomic E-state index is -0.158. The van der Waals surface area contributed by atoms with E-state index in [0.29, 0.717) is 25.9 Å². The molecule has 0 aliphatic rings. The number of hydrogen-bond acceptors (Lipinski definition) is 7. The minimum Gasteiger partial charge on any atom is -0.495 e. The maximum Gasteiger partial charge on any atom is 0.234 e. The Morgan fingerprint density at radius 1 is 1.14 bits per heavy atom. The van der Waals surface area contributed by atoms with Gasteiger partial charge in [0.25, 0.3) is 0 Å². The van der Waals surface area contributed by atoms with Crippen molar-refractivity contribution in [1.82, 2.24) is 10.2 Å². The summed E-state index contributed by atoms with van der Waals surface area (Å²) >= 11 is 8.84. The number of benzene rings is 2. The van der Waals surface area contributed by atoms with E-state index in [4.69, 9.17) is 16.3 Å². The highest BCUT2D eigenvalue weighted by Gasteiger charge is 2.12. The lowest BCUT2D eigenvalue weighted by Crippen LogP contribution is -2.14. The molecule has 29 heavy (non-hydrogen) atoms. The largest absolute Gasteiger partial charge is 0.495 e. The number of halogens is 1. The minimum absolute atomic E-state index is 0.158. The molecule has 0 fully saturated rings. The van der Waals surface area contributed by atoms with Crippen LogP contribution in [-0.4, -0.2) is 29.0 Å². The van der Waals surface area contributed by atoms with E-state index in [0.717, 1.165) is 11.3 Å². The van der Waals surface area contributed by atoms with Crippen LogP contribution in [0.2, 0.25) is 5.02 Å². The molecule has 0 saturated carbocycles. The molecule has 1 heterocycles. The highest BCUT2D eigenvalue weighted by Crippen LogP contribution is 2.32. The molecular formula is C20H21ClN4O2S2. The molecule has 1 amide bonds. The summed E-state index contributed by atoms with van der Waals surface area (Å²) in [5, 5.41) is 15.7. The van der Waals surface area contributed by atoms with E-state index in [-0.39, 0.29) is 11.7 Å². The van der Waals surface area contributed by atoms with Crippen LogP contribution >= 0.6 is 34.7 Å². The summed E-state index contributed by atoms with van der Waals surface area (Å²) in [6.45, 7) is 6.01. The number of aromatic nitrogens is 2. The normalized spacial score (nSPS) is 10.7. The zero-order valence-corrected chi connectivity index (χ0v) is 18.9. The molecule has 3 rings (SSSR count). The standard InChI is InChI=1S/C20H21ClN4O2S2/c1-11-5-6-14(7-12(11)2)22-19-24-25-20(29-19)28-10-18(26)23-16-8-13(3)15(21)9-17(16)27-4/h5-9H,10H2,1-4H3,(H,22,24)(H,23,26). The fourth-order valence-electron chi connectivity index (χ4n) is 2.50. The highest BCUT2D eigenvalue weighted by atomic mass is 35.5. The van der Waals surface area contributed by atoms with Crippen LogP contribution in [0.5, 0.6) is 5.75 Å². The van der Waals surface area contributed by atoms with Crippen molar-refractivity contribution < 1.29 is 9.53 Å². The molecular weight excluding hydrogens is 428 g/mol. The van der Waals surface area contributed by atoms with Crippen molar-refractivity contribution >= 4 is 57.1 Å². The number of nitrogens with zero attached hydrogens (tertiary/aromatic N) is 2. The zero-order chi connectivity index (χ0) is 21.0. The number of nitrogens with one attached hydrogen (secondary N) is 2. The number of rotatable bonds is 7. The maximum atomic E-state index is 12.3. The molecule has 6 nitrogen and oxygen atoms in total. The number of aryl methyl sites for hydroxylation is 3. The number of thioether (sulfide) groups is 1. The Balaban J connectivity index is 1.57. The molecule has 0 spiro atoms. The van der Waals surface area contributed by atoms with Crippen molar-refractivity contribution in [3.63, 3.8) is 0 Å². The first-order valence-electron chi connectivity index (χ1n) is 8.80. The Labute approximate surface area is 183 Å². The van der Waals surface area contributed by atoms with Gasteiger partial charge < -0.3 is 15.4 Å². The van der Waals surface area contributed by atoms with Gasteiger partial charge in [-0.1, -0.05) is 40.8 Å². The van der Waals surface area contributed by atoms with Crippen LogP contribution in [0, 0.1) is 20.8 Å². The molecule has 3 aromatic rings. The van der Waals surface area contributed by atoms with Gasteiger partial charge in [-0.25, -0.2) is 0 Å². The predicted octanol–water partition coefficient (Wildman–Crippen LogP) is 5.60. The van der Waals surface area contributed by atoms with Gasteiger partial charge in [0.15, 0.2) is 4.34 Å². The van der Waals surface area contributed by atoms with Crippen molar-refractivity contribution in [2.45, 2.75) is 25.1 Å². The zero-order valence-electron chi connectivity index (χ0n) is 16.5. The Morgan fingerprint density at radius 3 is 2.66 bits per heavy atom. The Hall–Kier alpha value is -2.29. The van der Waals surface area contributed by atoms with Gasteiger partial charge in [0.1, 0.15) is 5.75 Å². The van der Waals surface area contributed by atoms with E-state index in [1.165, 1.54) is 41.3 Å². The van der Waals surface area contributed by atoms with Gasteiger partial charge in [0.2, 0.25) is 11.0 Å². The lowest BCUT2D eigenvalue weighted by Gasteiger charge is -2.11. The molecule has 0 bridgehead atoms. The van der Waals surface area contributed by atoms with Crippen LogP contribution in [-0.2, 0) is 4.79 Å². The lowest BCUT2D eigenvalue weighted by atomic mass is 10.1. The summed E-state index contributed by atoms with van der Waals surface area (Å²) in [4.78, 5) is 12.3. The maximum absolute atomic E-state index is 12.3. The molecule has 2 aromatic carbocycles. The van der Waals surface area contributed by atoms with Gasteiger partial charge >= 0.3 is 0 Å². The molecule has 0 aliphatic carbocycles. The molecule has 1 aromatic heterocycles. The smallest absolute Gasteiger partial charge is 0.234 e. The van der Waals surface area contributed by atoms with Gasteiger partial charge in [0.05, 0.1) is 18.6 Å². The summed E-state index contributed by atoms with van der Waals surface area (Å²) in [7, 11) is 1.54. The third-order valence-corrected chi connectivity index (χ3v) is 6.63. The number of hydrogen-bond donors (Lipinski definition) is 2. The topological polar surface area (TPSA) is 76.1 Å². The van der Waals surface area contributed by atoms with Crippen molar-refractivity contribution in [3.8, 4) is 5.75 Å². The van der Waals surface area contributed by atoms with E-state index >= 15 is 0 Å². The van der Waals surface area contributed by atoms with Crippen LogP contribution in [0.15, 0.2) is 34.7 Å². The summed E-state index contributed by atoms with van der Waals surface area (Å²) in [5.74, 6) is 0.576. The van der Waals surface area contributed by atoms with Gasteiger partial charge in [0, 0.05) is 16.8 Å². The van der Waals surface area contributed by atoms with Gasteiger partial charge in [-0.3, -0.25) is 4.79 Å². The number of methoxy groups -OCH3 is 1. The average Bonchev–Trinajstić information content (AvgIpc) is 3.13. The van der Waals surface area contributed by atoms with E-state index in [2.05, 4.69) is 46.8 Å². The summed E-state index contributed by atoms with van der Waals surface area (Å²) in [6, 6.07) is 9.62. The first kappa shape index (κ1) is 21.4. The molecule has 2 N–H and O–H groups in total. The monoisotopic (exact) mass is 448 g/mol. The van der Waals surface area contributed by atoms with Crippen molar-refractivity contribution in [2.75, 3.05) is 23.5 Å². The number of ether oxygens (including phenoxy) is 1. The second-order valence-corrected chi connectivity index (χ2v) is 9.04. The van der Waals surface area contributed by atoms with E-state index in [9.17, 15) is 4.79 Å². The van der Waals surface area contributed by atoms with Crippen molar-refractivity contribution in [1.29, 1.82) is 0 Å². The SMILES string of the molecule is COc1cc(Cl)c(C)cc1NC(=O)CSc1nnc(Nc2ccc(C)c(C)c2)s1. The van der Waals surface area contributed by atoms with Crippen LogP contribution in [0.1, 0.15) is 16.7 Å². The Morgan fingerprint density at radius 2 is 1.93 bits per heavy atom. The van der Waals surface area contributed by atoms with E-state index < -0.39 is 0 Å². The lowest BCUT2D eigenvalue weighted by molar-refractivity contribution is -0.113. The summed E-state index contributed by atoms with van der Waals surface area (Å²) < 4.78 is 6.00.